The molecule has 2 heterocycles. The summed E-state index contributed by atoms with van der Waals surface area (Å²) in [6.45, 7) is 4.57. The van der Waals surface area contributed by atoms with Crippen LogP contribution in [-0.4, -0.2) is 47.1 Å². The van der Waals surface area contributed by atoms with Gasteiger partial charge >= 0.3 is 0 Å². The van der Waals surface area contributed by atoms with Crippen molar-refractivity contribution in [1.29, 1.82) is 0 Å². The van der Waals surface area contributed by atoms with E-state index in [1.165, 1.54) is 0 Å². The Labute approximate surface area is 172 Å². The van der Waals surface area contributed by atoms with Gasteiger partial charge in [0.05, 0.1) is 24.1 Å². The third kappa shape index (κ3) is 4.26. The van der Waals surface area contributed by atoms with Crippen molar-refractivity contribution in [3.63, 3.8) is 0 Å². The summed E-state index contributed by atoms with van der Waals surface area (Å²) in [6, 6.07) is 10.8. The third-order valence-corrected chi connectivity index (χ3v) is 5.26. The van der Waals surface area contributed by atoms with E-state index in [9.17, 15) is 9.59 Å². The fourth-order valence-electron chi connectivity index (χ4n) is 3.33. The molecule has 2 aromatic carbocycles. The Morgan fingerprint density at radius 1 is 1.24 bits per heavy atom. The molecule has 150 valence electrons. The first-order valence-electron chi connectivity index (χ1n) is 9.41. The maximum atomic E-state index is 12.5. The van der Waals surface area contributed by atoms with Crippen LogP contribution >= 0.6 is 11.6 Å². The van der Waals surface area contributed by atoms with Crippen molar-refractivity contribution in [2.75, 3.05) is 31.6 Å². The number of H-pyrrole nitrogens is 1. The summed E-state index contributed by atoms with van der Waals surface area (Å²) in [6.07, 6.45) is 0. The number of morpholine rings is 1. The maximum absolute atomic E-state index is 12.5. The number of nitrogens with one attached hydrogen (secondary N) is 2. The molecule has 1 aliphatic heterocycles. The van der Waals surface area contributed by atoms with Gasteiger partial charge in [-0.25, -0.2) is 4.98 Å². The summed E-state index contributed by atoms with van der Waals surface area (Å²) in [5, 5.41) is 4.33. The van der Waals surface area contributed by atoms with Gasteiger partial charge in [0, 0.05) is 35.9 Å². The number of aromatic amines is 1. The Balaban J connectivity index is 1.47. The van der Waals surface area contributed by atoms with E-state index in [0.717, 1.165) is 11.3 Å². The predicted octanol–water partition coefficient (Wildman–Crippen LogP) is 2.97. The van der Waals surface area contributed by atoms with Gasteiger partial charge in [0.2, 0.25) is 0 Å². The average Bonchev–Trinajstić information content (AvgIpc) is 2.73. The second kappa shape index (κ2) is 8.23. The van der Waals surface area contributed by atoms with Gasteiger partial charge in [-0.2, -0.15) is 0 Å². The van der Waals surface area contributed by atoms with Crippen molar-refractivity contribution in [2.24, 2.45) is 0 Å². The van der Waals surface area contributed by atoms with Gasteiger partial charge in [0.25, 0.3) is 11.5 Å². The van der Waals surface area contributed by atoms with Gasteiger partial charge in [-0.15, -0.1) is 0 Å². The largest absolute Gasteiger partial charge is 0.381 e. The highest BCUT2D eigenvalue weighted by Crippen LogP contribution is 2.22. The highest BCUT2D eigenvalue weighted by Gasteiger charge is 2.18. The number of rotatable bonds is 4. The molecule has 1 aliphatic rings. The molecular weight excluding hydrogens is 392 g/mol. The van der Waals surface area contributed by atoms with E-state index < -0.39 is 0 Å². The normalized spacial score (nSPS) is 14.2. The highest BCUT2D eigenvalue weighted by atomic mass is 35.5. The molecule has 0 spiro atoms. The van der Waals surface area contributed by atoms with Gasteiger partial charge < -0.3 is 19.9 Å². The van der Waals surface area contributed by atoms with Crippen LogP contribution in [0.1, 0.15) is 21.7 Å². The van der Waals surface area contributed by atoms with E-state index >= 15 is 0 Å². The zero-order valence-electron chi connectivity index (χ0n) is 16.0. The van der Waals surface area contributed by atoms with E-state index in [4.69, 9.17) is 16.3 Å². The minimum atomic E-state index is -0.184. The SMILES string of the molecule is Cc1nc2cc(Cl)c(CNc3ccc(C(=O)N4CCOCC4)cc3)cc2c(=O)[nH]1. The molecule has 29 heavy (non-hydrogen) atoms. The van der Waals surface area contributed by atoms with Gasteiger partial charge in [0.1, 0.15) is 5.82 Å². The van der Waals surface area contributed by atoms with E-state index in [1.54, 1.807) is 36.1 Å². The monoisotopic (exact) mass is 412 g/mol. The van der Waals surface area contributed by atoms with Crippen LogP contribution in [0.2, 0.25) is 5.02 Å². The Bertz CT molecular complexity index is 1110. The number of hydrogen-bond acceptors (Lipinski definition) is 5. The van der Waals surface area contributed by atoms with Crippen LogP contribution in [0.4, 0.5) is 5.69 Å². The molecule has 8 heteroatoms. The Morgan fingerprint density at radius 3 is 2.69 bits per heavy atom. The highest BCUT2D eigenvalue weighted by molar-refractivity contribution is 6.32. The Kier molecular flexibility index (Phi) is 5.51. The minimum Gasteiger partial charge on any atom is -0.381 e. The standard InChI is InChI=1S/C21H21ClN4O3/c1-13-24-19-11-18(22)15(10-17(19)20(27)25-13)12-23-16-4-2-14(3-5-16)21(28)26-6-8-29-9-7-26/h2-5,10-11,23H,6-9,12H2,1H3,(H,24,25,27). The summed E-state index contributed by atoms with van der Waals surface area (Å²) in [7, 11) is 0. The number of fused-ring (bicyclic) bond motifs is 1. The topological polar surface area (TPSA) is 87.3 Å². The number of amides is 1. The number of aromatic nitrogens is 2. The lowest BCUT2D eigenvalue weighted by Gasteiger charge is -2.26. The van der Waals surface area contributed by atoms with Gasteiger partial charge in [-0.1, -0.05) is 11.6 Å². The summed E-state index contributed by atoms with van der Waals surface area (Å²) < 4.78 is 5.29. The number of aryl methyl sites for hydroxylation is 1. The molecule has 3 aromatic rings. The number of carbonyl (C=O) groups excluding carboxylic acids is 1. The average molecular weight is 413 g/mol. The molecule has 1 fully saturated rings. The van der Waals surface area contributed by atoms with Crippen molar-refractivity contribution in [1.82, 2.24) is 14.9 Å². The second-order valence-corrected chi connectivity index (χ2v) is 7.35. The number of nitrogens with zero attached hydrogens (tertiary/aromatic N) is 2. The zero-order chi connectivity index (χ0) is 20.4. The molecule has 0 bridgehead atoms. The molecule has 0 saturated carbocycles. The third-order valence-electron chi connectivity index (χ3n) is 4.91. The predicted molar refractivity (Wildman–Crippen MR) is 113 cm³/mol. The Morgan fingerprint density at radius 2 is 1.97 bits per heavy atom. The van der Waals surface area contributed by atoms with Gasteiger partial charge in [-0.3, -0.25) is 9.59 Å². The molecule has 2 N–H and O–H groups in total. The van der Waals surface area contributed by atoms with Crippen molar-refractivity contribution < 1.29 is 9.53 Å². The van der Waals surface area contributed by atoms with Crippen molar-refractivity contribution >= 4 is 34.1 Å². The molecule has 0 radical (unpaired) electrons. The maximum Gasteiger partial charge on any atom is 0.258 e. The lowest BCUT2D eigenvalue weighted by atomic mass is 10.1. The van der Waals surface area contributed by atoms with Gasteiger partial charge in [-0.05, 0) is 48.9 Å². The molecule has 4 rings (SSSR count). The summed E-state index contributed by atoms with van der Waals surface area (Å²) in [5.74, 6) is 0.565. The number of halogens is 1. The quantitative estimate of drug-likeness (QED) is 0.687. The fourth-order valence-corrected chi connectivity index (χ4v) is 3.56. The van der Waals surface area contributed by atoms with Crippen LogP contribution < -0.4 is 10.9 Å². The first-order chi connectivity index (χ1) is 14.0. The van der Waals surface area contributed by atoms with Crippen LogP contribution in [0, 0.1) is 6.92 Å². The minimum absolute atomic E-state index is 0.0134. The van der Waals surface area contributed by atoms with Gasteiger partial charge in [0.15, 0.2) is 0 Å². The molecular formula is C21H21ClN4O3. The first-order valence-corrected chi connectivity index (χ1v) is 9.79. The van der Waals surface area contributed by atoms with E-state index in [0.29, 0.717) is 60.2 Å². The second-order valence-electron chi connectivity index (χ2n) is 6.95. The lowest BCUT2D eigenvalue weighted by Crippen LogP contribution is -2.40. The molecule has 1 saturated heterocycles. The number of anilines is 1. The van der Waals surface area contributed by atoms with Crippen molar-refractivity contribution in [2.45, 2.75) is 13.5 Å². The summed E-state index contributed by atoms with van der Waals surface area (Å²) in [4.78, 5) is 33.5. The molecule has 0 unspecified atom stereocenters. The first kappa shape index (κ1) is 19.4. The van der Waals surface area contributed by atoms with Crippen molar-refractivity contribution in [3.8, 4) is 0 Å². The molecule has 1 amide bonds. The fraction of sp³-hybridized carbons (Fsp3) is 0.286. The van der Waals surface area contributed by atoms with Crippen LogP contribution in [0.5, 0.6) is 0 Å². The van der Waals surface area contributed by atoms with E-state index in [1.807, 2.05) is 12.1 Å². The van der Waals surface area contributed by atoms with E-state index in [2.05, 4.69) is 15.3 Å². The molecule has 0 atom stereocenters. The molecule has 1 aromatic heterocycles. The Hall–Kier alpha value is -2.90. The summed E-state index contributed by atoms with van der Waals surface area (Å²) in [5.41, 5.74) is 2.69. The van der Waals surface area contributed by atoms with Crippen molar-refractivity contribution in [3.05, 3.63) is 68.7 Å². The molecule has 7 nitrogen and oxygen atoms in total. The van der Waals surface area contributed by atoms with Crippen LogP contribution in [0.3, 0.4) is 0 Å². The number of hydrogen-bond donors (Lipinski definition) is 2. The number of ether oxygens (including phenoxy) is 1. The van der Waals surface area contributed by atoms with Crippen LogP contribution in [0.15, 0.2) is 41.2 Å². The lowest BCUT2D eigenvalue weighted by molar-refractivity contribution is 0.0303. The van der Waals surface area contributed by atoms with Crippen LogP contribution in [0.25, 0.3) is 10.9 Å². The zero-order valence-corrected chi connectivity index (χ0v) is 16.8. The van der Waals surface area contributed by atoms with E-state index in [-0.39, 0.29) is 11.5 Å². The van der Waals surface area contributed by atoms with Crippen LogP contribution in [-0.2, 0) is 11.3 Å². The molecule has 0 aliphatic carbocycles. The summed E-state index contributed by atoms with van der Waals surface area (Å²) >= 11 is 6.37. The smallest absolute Gasteiger partial charge is 0.258 e. The number of carbonyl (C=O) groups is 1. The number of benzene rings is 2.